The van der Waals surface area contributed by atoms with Crippen molar-refractivity contribution in [3.63, 3.8) is 0 Å². The fourth-order valence-electron chi connectivity index (χ4n) is 4.07. The van der Waals surface area contributed by atoms with Gasteiger partial charge >= 0.3 is 0 Å². The van der Waals surface area contributed by atoms with Gasteiger partial charge in [0, 0.05) is 38.0 Å². The molecule has 4 rings (SSSR count). The summed E-state index contributed by atoms with van der Waals surface area (Å²) >= 11 is 0. The lowest BCUT2D eigenvalue weighted by atomic mass is 10.00. The lowest BCUT2D eigenvalue weighted by Crippen LogP contribution is -2.55. The van der Waals surface area contributed by atoms with Crippen molar-refractivity contribution in [2.75, 3.05) is 33.4 Å². The number of benzene rings is 2. The summed E-state index contributed by atoms with van der Waals surface area (Å²) in [5.74, 6) is -0.164. The Morgan fingerprint density at radius 2 is 1.80 bits per heavy atom. The second-order valence-corrected chi connectivity index (χ2v) is 9.21. The van der Waals surface area contributed by atoms with E-state index < -0.39 is 21.6 Å². The van der Waals surface area contributed by atoms with Crippen LogP contribution in [0, 0.1) is 5.82 Å². The zero-order chi connectivity index (χ0) is 21.4. The van der Waals surface area contributed by atoms with Gasteiger partial charge in [-0.15, -0.1) is 0 Å². The van der Waals surface area contributed by atoms with Gasteiger partial charge in [-0.25, -0.2) is 12.8 Å². The number of hydrogen-bond donors (Lipinski definition) is 0. The van der Waals surface area contributed by atoms with Crippen molar-refractivity contribution in [2.24, 2.45) is 0 Å². The van der Waals surface area contributed by atoms with Crippen LogP contribution in [0.2, 0.25) is 0 Å². The summed E-state index contributed by atoms with van der Waals surface area (Å²) in [6.07, 6.45) is 0.701. The summed E-state index contributed by atoms with van der Waals surface area (Å²) in [6.45, 7) is 1.20. The van der Waals surface area contributed by atoms with Gasteiger partial charge in [0.1, 0.15) is 17.3 Å². The molecule has 1 amide bonds. The van der Waals surface area contributed by atoms with Crippen molar-refractivity contribution >= 4 is 15.9 Å². The molecule has 2 saturated heterocycles. The molecule has 0 radical (unpaired) electrons. The first-order valence-corrected chi connectivity index (χ1v) is 11.2. The topological polar surface area (TPSA) is 76.2 Å². The summed E-state index contributed by atoms with van der Waals surface area (Å²) in [6, 6.07) is 11.8. The van der Waals surface area contributed by atoms with Gasteiger partial charge in [-0.3, -0.25) is 4.79 Å². The molecule has 0 aromatic heterocycles. The van der Waals surface area contributed by atoms with E-state index in [1.54, 1.807) is 23.1 Å². The fourth-order valence-corrected chi connectivity index (χ4v) is 5.79. The Labute approximate surface area is 175 Å². The molecule has 2 fully saturated rings. The molecule has 2 aliphatic heterocycles. The Hall–Kier alpha value is -2.49. The van der Waals surface area contributed by atoms with Crippen LogP contribution < -0.4 is 4.74 Å². The minimum Gasteiger partial charge on any atom is -0.497 e. The van der Waals surface area contributed by atoms with Gasteiger partial charge in [-0.2, -0.15) is 4.31 Å². The monoisotopic (exact) mass is 434 g/mol. The Morgan fingerprint density at radius 3 is 2.43 bits per heavy atom. The Bertz CT molecular complexity index is 1030. The molecule has 1 spiro atoms. The SMILES string of the molecule is COc1ccc(S(=O)(=O)N2CCOC23CCN(C(=O)c2cccc(F)c2)CC3)cc1. The Balaban J connectivity index is 1.51. The molecule has 0 saturated carbocycles. The number of piperidine rings is 1. The van der Waals surface area contributed by atoms with E-state index in [-0.39, 0.29) is 22.9 Å². The van der Waals surface area contributed by atoms with Crippen LogP contribution in [0.15, 0.2) is 53.4 Å². The second-order valence-electron chi connectivity index (χ2n) is 7.35. The molecule has 7 nitrogen and oxygen atoms in total. The second kappa shape index (κ2) is 7.98. The predicted molar refractivity (Wildman–Crippen MR) is 107 cm³/mol. The van der Waals surface area contributed by atoms with Crippen LogP contribution in [-0.2, 0) is 14.8 Å². The van der Waals surface area contributed by atoms with Crippen LogP contribution in [0.25, 0.3) is 0 Å². The number of carbonyl (C=O) groups excluding carboxylic acids is 1. The molecule has 2 aromatic carbocycles. The van der Waals surface area contributed by atoms with Crippen molar-refractivity contribution in [1.29, 1.82) is 0 Å². The third kappa shape index (κ3) is 3.68. The molecule has 0 unspecified atom stereocenters. The number of rotatable bonds is 4. The van der Waals surface area contributed by atoms with E-state index in [0.29, 0.717) is 38.3 Å². The van der Waals surface area contributed by atoms with Gasteiger partial charge < -0.3 is 14.4 Å². The predicted octanol–water partition coefficient (Wildman–Crippen LogP) is 2.49. The van der Waals surface area contributed by atoms with Gasteiger partial charge in [0.05, 0.1) is 18.6 Å². The maximum absolute atomic E-state index is 13.5. The van der Waals surface area contributed by atoms with Gasteiger partial charge in [-0.05, 0) is 42.5 Å². The number of nitrogens with zero attached hydrogens (tertiary/aromatic N) is 2. The molecule has 0 bridgehead atoms. The summed E-state index contributed by atoms with van der Waals surface area (Å²) in [7, 11) is -2.25. The van der Waals surface area contributed by atoms with Crippen LogP contribution in [0.4, 0.5) is 4.39 Å². The van der Waals surface area contributed by atoms with Gasteiger partial charge in [0.15, 0.2) is 0 Å². The molecular weight excluding hydrogens is 411 g/mol. The van der Waals surface area contributed by atoms with Crippen LogP contribution >= 0.6 is 0 Å². The van der Waals surface area contributed by atoms with E-state index in [0.717, 1.165) is 0 Å². The van der Waals surface area contributed by atoms with E-state index in [4.69, 9.17) is 9.47 Å². The first-order chi connectivity index (χ1) is 14.4. The molecule has 0 N–H and O–H groups in total. The Morgan fingerprint density at radius 1 is 1.10 bits per heavy atom. The van der Waals surface area contributed by atoms with Gasteiger partial charge in [0.2, 0.25) is 10.0 Å². The highest BCUT2D eigenvalue weighted by Gasteiger charge is 2.51. The van der Waals surface area contributed by atoms with Crippen molar-refractivity contribution in [1.82, 2.24) is 9.21 Å². The minimum absolute atomic E-state index is 0.173. The smallest absolute Gasteiger partial charge is 0.253 e. The number of hydrogen-bond acceptors (Lipinski definition) is 5. The lowest BCUT2D eigenvalue weighted by molar-refractivity contribution is -0.0857. The molecule has 30 heavy (non-hydrogen) atoms. The van der Waals surface area contributed by atoms with Gasteiger partial charge in [0.25, 0.3) is 5.91 Å². The largest absolute Gasteiger partial charge is 0.497 e. The molecule has 0 aliphatic carbocycles. The summed E-state index contributed by atoms with van der Waals surface area (Å²) in [5.41, 5.74) is -0.696. The van der Waals surface area contributed by atoms with Crippen molar-refractivity contribution in [3.8, 4) is 5.75 Å². The molecule has 9 heteroatoms. The third-order valence-electron chi connectivity index (χ3n) is 5.67. The molecular formula is C21H23FN2O5S. The lowest BCUT2D eigenvalue weighted by Gasteiger charge is -2.42. The van der Waals surface area contributed by atoms with E-state index in [2.05, 4.69) is 0 Å². The summed E-state index contributed by atoms with van der Waals surface area (Å²) in [5, 5.41) is 0. The van der Waals surface area contributed by atoms with E-state index in [1.807, 2.05) is 0 Å². The summed E-state index contributed by atoms with van der Waals surface area (Å²) < 4.78 is 52.4. The molecule has 160 valence electrons. The van der Waals surface area contributed by atoms with E-state index in [1.165, 1.54) is 41.7 Å². The number of amides is 1. The van der Waals surface area contributed by atoms with Crippen LogP contribution in [-0.4, -0.2) is 62.6 Å². The number of ether oxygens (including phenoxy) is 2. The van der Waals surface area contributed by atoms with Crippen molar-refractivity contribution in [2.45, 2.75) is 23.5 Å². The average Bonchev–Trinajstić information content (AvgIpc) is 3.17. The maximum Gasteiger partial charge on any atom is 0.253 e. The number of carbonyl (C=O) groups is 1. The first-order valence-electron chi connectivity index (χ1n) is 9.71. The van der Waals surface area contributed by atoms with E-state index in [9.17, 15) is 17.6 Å². The molecule has 0 atom stereocenters. The number of methoxy groups -OCH3 is 1. The van der Waals surface area contributed by atoms with Crippen LogP contribution in [0.3, 0.4) is 0 Å². The van der Waals surface area contributed by atoms with Crippen LogP contribution in [0.1, 0.15) is 23.2 Å². The fraction of sp³-hybridized carbons (Fsp3) is 0.381. The number of likely N-dealkylation sites (tertiary alicyclic amines) is 1. The Kier molecular flexibility index (Phi) is 5.52. The van der Waals surface area contributed by atoms with Crippen molar-refractivity contribution < 1.29 is 27.1 Å². The molecule has 2 aliphatic rings. The first kappa shape index (κ1) is 20.8. The zero-order valence-corrected chi connectivity index (χ0v) is 17.4. The molecule has 2 heterocycles. The zero-order valence-electron chi connectivity index (χ0n) is 16.6. The van der Waals surface area contributed by atoms with Gasteiger partial charge in [-0.1, -0.05) is 6.07 Å². The minimum atomic E-state index is -3.77. The highest BCUT2D eigenvalue weighted by atomic mass is 32.2. The van der Waals surface area contributed by atoms with Crippen LogP contribution in [0.5, 0.6) is 5.75 Å². The number of halogens is 1. The molecule has 2 aromatic rings. The highest BCUT2D eigenvalue weighted by molar-refractivity contribution is 7.89. The standard InChI is InChI=1S/C21H23FN2O5S/c1-28-18-5-7-19(8-6-18)30(26,27)24-13-14-29-21(24)9-11-23(12-10-21)20(25)16-3-2-4-17(22)15-16/h2-8,15H,9-14H2,1H3. The van der Waals surface area contributed by atoms with E-state index >= 15 is 0 Å². The highest BCUT2D eigenvalue weighted by Crippen LogP contribution is 2.38. The average molecular weight is 434 g/mol. The quantitative estimate of drug-likeness (QED) is 0.739. The summed E-state index contributed by atoms with van der Waals surface area (Å²) in [4.78, 5) is 14.5. The third-order valence-corrected chi connectivity index (χ3v) is 7.63. The van der Waals surface area contributed by atoms with Crippen molar-refractivity contribution in [3.05, 3.63) is 59.9 Å². The normalized spacial score (nSPS) is 19.2. The number of sulfonamides is 1. The maximum atomic E-state index is 13.5.